The molecule has 2 amide bonds. The Kier molecular flexibility index (Phi) is 4.82. The highest BCUT2D eigenvalue weighted by Gasteiger charge is 2.41. The molecule has 3 rings (SSSR count). The van der Waals surface area contributed by atoms with Crippen LogP contribution in [0.25, 0.3) is 0 Å². The zero-order valence-electron chi connectivity index (χ0n) is 15.6. The first-order valence-electron chi connectivity index (χ1n) is 8.95. The molecule has 1 aromatic heterocycles. The predicted molar refractivity (Wildman–Crippen MR) is 95.9 cm³/mol. The third-order valence-corrected chi connectivity index (χ3v) is 5.18. The summed E-state index contributed by atoms with van der Waals surface area (Å²) in [5.41, 5.74) is 2.22. The van der Waals surface area contributed by atoms with Crippen LogP contribution in [0.15, 0.2) is 18.5 Å². The predicted octanol–water partition coefficient (Wildman–Crippen LogP) is 1.16. The molecule has 1 aromatic rings. The minimum atomic E-state index is -0.242. The fourth-order valence-corrected chi connectivity index (χ4v) is 3.75. The Morgan fingerprint density at radius 1 is 1.32 bits per heavy atom. The molecule has 0 radical (unpaired) electrons. The molecule has 1 atom stereocenters. The SMILES string of the molecule is CN1CC(N2CC(C(=O)NCc3cnccc3C(C)(C)C)CC2=O)C1. The van der Waals surface area contributed by atoms with Crippen molar-refractivity contribution in [1.82, 2.24) is 20.1 Å². The van der Waals surface area contributed by atoms with Gasteiger partial charge in [-0.2, -0.15) is 0 Å². The Balaban J connectivity index is 1.58. The molecular formula is C19H28N4O2. The van der Waals surface area contributed by atoms with Crippen LogP contribution in [0.5, 0.6) is 0 Å². The molecule has 2 aliphatic rings. The van der Waals surface area contributed by atoms with Crippen LogP contribution in [0, 0.1) is 5.92 Å². The lowest BCUT2D eigenvalue weighted by Gasteiger charge is -2.42. The maximum Gasteiger partial charge on any atom is 0.225 e. The second-order valence-electron chi connectivity index (χ2n) is 8.32. The van der Waals surface area contributed by atoms with Crippen LogP contribution in [0.4, 0.5) is 0 Å². The van der Waals surface area contributed by atoms with Gasteiger partial charge in [-0.15, -0.1) is 0 Å². The van der Waals surface area contributed by atoms with Gasteiger partial charge in [0, 0.05) is 45.0 Å². The molecule has 0 aromatic carbocycles. The summed E-state index contributed by atoms with van der Waals surface area (Å²) in [6, 6.07) is 2.29. The van der Waals surface area contributed by atoms with E-state index in [0.29, 0.717) is 19.5 Å². The molecule has 2 saturated heterocycles. The van der Waals surface area contributed by atoms with E-state index in [1.54, 1.807) is 6.20 Å². The van der Waals surface area contributed by atoms with Gasteiger partial charge >= 0.3 is 0 Å². The van der Waals surface area contributed by atoms with Crippen LogP contribution >= 0.6 is 0 Å². The van der Waals surface area contributed by atoms with Gasteiger partial charge in [-0.1, -0.05) is 20.8 Å². The highest BCUT2D eigenvalue weighted by atomic mass is 16.2. The van der Waals surface area contributed by atoms with Crippen molar-refractivity contribution in [3.05, 3.63) is 29.6 Å². The average Bonchev–Trinajstić information content (AvgIpc) is 2.90. The zero-order valence-corrected chi connectivity index (χ0v) is 15.6. The molecule has 2 aliphatic heterocycles. The molecule has 2 fully saturated rings. The van der Waals surface area contributed by atoms with Gasteiger partial charge in [0.25, 0.3) is 0 Å². The van der Waals surface area contributed by atoms with Crippen molar-refractivity contribution in [2.24, 2.45) is 5.92 Å². The van der Waals surface area contributed by atoms with E-state index in [1.165, 1.54) is 5.56 Å². The lowest BCUT2D eigenvalue weighted by Crippen LogP contribution is -2.58. The van der Waals surface area contributed by atoms with Gasteiger partial charge in [0.2, 0.25) is 11.8 Å². The van der Waals surface area contributed by atoms with E-state index in [4.69, 9.17) is 0 Å². The second-order valence-corrected chi connectivity index (χ2v) is 8.32. The highest BCUT2D eigenvalue weighted by Crippen LogP contribution is 2.26. The summed E-state index contributed by atoms with van der Waals surface area (Å²) in [7, 11) is 2.04. The molecule has 0 bridgehead atoms. The van der Waals surface area contributed by atoms with Crippen molar-refractivity contribution in [1.29, 1.82) is 0 Å². The molecule has 6 heteroatoms. The number of likely N-dealkylation sites (N-methyl/N-ethyl adjacent to an activating group) is 1. The summed E-state index contributed by atoms with van der Waals surface area (Å²) < 4.78 is 0. The first kappa shape index (κ1) is 17.9. The van der Waals surface area contributed by atoms with Crippen LogP contribution in [-0.4, -0.2) is 59.3 Å². The number of hydrogen-bond acceptors (Lipinski definition) is 4. The van der Waals surface area contributed by atoms with Crippen molar-refractivity contribution < 1.29 is 9.59 Å². The zero-order chi connectivity index (χ0) is 18.2. The van der Waals surface area contributed by atoms with Crippen LogP contribution < -0.4 is 5.32 Å². The van der Waals surface area contributed by atoms with Crippen molar-refractivity contribution in [3.8, 4) is 0 Å². The lowest BCUT2D eigenvalue weighted by atomic mass is 9.84. The highest BCUT2D eigenvalue weighted by molar-refractivity contribution is 5.89. The molecule has 0 saturated carbocycles. The average molecular weight is 344 g/mol. The van der Waals surface area contributed by atoms with E-state index >= 15 is 0 Å². The Labute approximate surface area is 149 Å². The molecule has 0 aliphatic carbocycles. The van der Waals surface area contributed by atoms with Crippen molar-refractivity contribution >= 4 is 11.8 Å². The third kappa shape index (κ3) is 3.84. The Morgan fingerprint density at radius 3 is 2.68 bits per heavy atom. The molecule has 25 heavy (non-hydrogen) atoms. The number of aromatic nitrogens is 1. The summed E-state index contributed by atoms with van der Waals surface area (Å²) in [6.07, 6.45) is 3.93. The fraction of sp³-hybridized carbons (Fsp3) is 0.632. The third-order valence-electron chi connectivity index (χ3n) is 5.18. The molecular weight excluding hydrogens is 316 g/mol. The minimum Gasteiger partial charge on any atom is -0.352 e. The number of carbonyl (C=O) groups excluding carboxylic acids is 2. The van der Waals surface area contributed by atoms with E-state index in [1.807, 2.05) is 24.2 Å². The molecule has 136 valence electrons. The first-order chi connectivity index (χ1) is 11.8. The van der Waals surface area contributed by atoms with Gasteiger partial charge in [-0.05, 0) is 29.7 Å². The van der Waals surface area contributed by atoms with E-state index in [0.717, 1.165) is 18.7 Å². The monoisotopic (exact) mass is 344 g/mol. The molecule has 3 heterocycles. The Bertz CT molecular complexity index is 662. The largest absolute Gasteiger partial charge is 0.352 e. The number of likely N-dealkylation sites (tertiary alicyclic amines) is 2. The van der Waals surface area contributed by atoms with E-state index in [2.05, 4.69) is 36.0 Å². The number of carbonyl (C=O) groups is 2. The maximum atomic E-state index is 12.5. The standard InChI is InChI=1S/C19H28N4O2/c1-19(2,3)16-5-6-20-8-14(16)9-21-18(25)13-7-17(24)23(10-13)15-11-22(4)12-15/h5-6,8,13,15H,7,9-12H2,1-4H3,(H,21,25). The van der Waals surface area contributed by atoms with Crippen molar-refractivity contribution in [2.75, 3.05) is 26.7 Å². The number of pyridine rings is 1. The second kappa shape index (κ2) is 6.75. The van der Waals surface area contributed by atoms with Crippen LogP contribution in [0.3, 0.4) is 0 Å². The summed E-state index contributed by atoms with van der Waals surface area (Å²) in [5.74, 6) is -0.171. The van der Waals surface area contributed by atoms with Crippen LogP contribution in [0.1, 0.15) is 38.3 Å². The minimum absolute atomic E-state index is 0.000621. The van der Waals surface area contributed by atoms with E-state index < -0.39 is 0 Å². The lowest BCUT2D eigenvalue weighted by molar-refractivity contribution is -0.132. The van der Waals surface area contributed by atoms with E-state index in [9.17, 15) is 9.59 Å². The van der Waals surface area contributed by atoms with Gasteiger partial charge in [0.1, 0.15) is 0 Å². The molecule has 1 unspecified atom stereocenters. The quantitative estimate of drug-likeness (QED) is 0.890. The van der Waals surface area contributed by atoms with Crippen LogP contribution in [-0.2, 0) is 21.5 Å². The summed E-state index contributed by atoms with van der Waals surface area (Å²) >= 11 is 0. The Hall–Kier alpha value is -1.95. The number of hydrogen-bond donors (Lipinski definition) is 1. The molecule has 1 N–H and O–H groups in total. The smallest absolute Gasteiger partial charge is 0.225 e. The normalized spacial score (nSPS) is 22.2. The summed E-state index contributed by atoms with van der Waals surface area (Å²) in [5, 5.41) is 3.01. The van der Waals surface area contributed by atoms with Gasteiger partial charge < -0.3 is 15.1 Å². The van der Waals surface area contributed by atoms with Gasteiger partial charge in [-0.25, -0.2) is 0 Å². The van der Waals surface area contributed by atoms with Gasteiger partial charge in [-0.3, -0.25) is 14.6 Å². The first-order valence-corrected chi connectivity index (χ1v) is 8.95. The topological polar surface area (TPSA) is 65.5 Å². The summed E-state index contributed by atoms with van der Waals surface area (Å²) in [6.45, 7) is 9.26. The number of nitrogens with zero attached hydrogens (tertiary/aromatic N) is 3. The van der Waals surface area contributed by atoms with Gasteiger partial charge in [0.05, 0.1) is 12.0 Å². The number of nitrogens with one attached hydrogen (secondary N) is 1. The number of rotatable bonds is 4. The van der Waals surface area contributed by atoms with Crippen LogP contribution in [0.2, 0.25) is 0 Å². The van der Waals surface area contributed by atoms with Crippen molar-refractivity contribution in [3.63, 3.8) is 0 Å². The Morgan fingerprint density at radius 2 is 2.04 bits per heavy atom. The maximum absolute atomic E-state index is 12.5. The molecule has 0 spiro atoms. The van der Waals surface area contributed by atoms with Gasteiger partial charge in [0.15, 0.2) is 0 Å². The van der Waals surface area contributed by atoms with Crippen molar-refractivity contribution in [2.45, 2.75) is 45.2 Å². The fourth-order valence-electron chi connectivity index (χ4n) is 3.75. The van der Waals surface area contributed by atoms with E-state index in [-0.39, 0.29) is 29.2 Å². The number of amides is 2. The molecule has 6 nitrogen and oxygen atoms in total. The summed E-state index contributed by atoms with van der Waals surface area (Å²) in [4.78, 5) is 33.0.